The first-order chi connectivity index (χ1) is 9.02. The molecule has 6 nitrogen and oxygen atoms in total. The molecule has 0 amide bonds. The van der Waals surface area contributed by atoms with Crippen molar-refractivity contribution in [1.82, 2.24) is 20.0 Å². The van der Waals surface area contributed by atoms with Crippen LogP contribution in [0.3, 0.4) is 0 Å². The maximum atomic E-state index is 9.22. The summed E-state index contributed by atoms with van der Waals surface area (Å²) in [6.45, 7) is 7.80. The van der Waals surface area contributed by atoms with Gasteiger partial charge in [0, 0.05) is 12.2 Å². The summed E-state index contributed by atoms with van der Waals surface area (Å²) in [7, 11) is 0. The minimum absolute atomic E-state index is 0.289. The Morgan fingerprint density at radius 2 is 2.05 bits per heavy atom. The SMILES string of the molecule is Cc1nnc(Nc2cnn(C(C)C)c2)c(C#N)c1C. The number of aryl methyl sites for hydroxylation is 1. The standard InChI is InChI=1S/C13H16N6/c1-8(2)19-7-11(6-15-19)16-13-12(5-14)9(3)10(4)17-18-13/h6-8H,1-4H3,(H,16,18). The van der Waals surface area contributed by atoms with E-state index in [1.165, 1.54) is 0 Å². The number of hydrogen-bond acceptors (Lipinski definition) is 5. The Kier molecular flexibility index (Phi) is 3.47. The Labute approximate surface area is 112 Å². The lowest BCUT2D eigenvalue weighted by Crippen LogP contribution is -2.03. The molecule has 6 heteroatoms. The van der Waals surface area contributed by atoms with Gasteiger partial charge in [-0.3, -0.25) is 4.68 Å². The van der Waals surface area contributed by atoms with Crippen molar-refractivity contribution in [3.63, 3.8) is 0 Å². The molecule has 0 bridgehead atoms. The molecule has 0 fully saturated rings. The van der Waals surface area contributed by atoms with E-state index in [0.717, 1.165) is 16.9 Å². The molecule has 0 saturated carbocycles. The normalized spacial score (nSPS) is 10.5. The number of hydrogen-bond donors (Lipinski definition) is 1. The van der Waals surface area contributed by atoms with Crippen molar-refractivity contribution in [3.05, 3.63) is 29.2 Å². The van der Waals surface area contributed by atoms with E-state index in [1.54, 1.807) is 6.20 Å². The summed E-state index contributed by atoms with van der Waals surface area (Å²) >= 11 is 0. The highest BCUT2D eigenvalue weighted by Gasteiger charge is 2.11. The van der Waals surface area contributed by atoms with Gasteiger partial charge in [-0.05, 0) is 33.3 Å². The van der Waals surface area contributed by atoms with Crippen LogP contribution in [0.1, 0.15) is 36.7 Å². The van der Waals surface area contributed by atoms with Crippen LogP contribution >= 0.6 is 0 Å². The van der Waals surface area contributed by atoms with Crippen molar-refractivity contribution >= 4 is 11.5 Å². The van der Waals surface area contributed by atoms with Gasteiger partial charge in [0.05, 0.1) is 17.6 Å². The van der Waals surface area contributed by atoms with Crippen LogP contribution in [0.5, 0.6) is 0 Å². The van der Waals surface area contributed by atoms with Gasteiger partial charge in [-0.15, -0.1) is 5.10 Å². The first kappa shape index (κ1) is 13.0. The lowest BCUT2D eigenvalue weighted by Gasteiger charge is -2.08. The van der Waals surface area contributed by atoms with E-state index in [1.807, 2.05) is 38.6 Å². The van der Waals surface area contributed by atoms with Gasteiger partial charge in [0.15, 0.2) is 5.82 Å². The highest BCUT2D eigenvalue weighted by molar-refractivity contribution is 5.63. The zero-order valence-corrected chi connectivity index (χ0v) is 11.5. The van der Waals surface area contributed by atoms with Crippen molar-refractivity contribution in [2.45, 2.75) is 33.7 Å². The molecule has 2 heterocycles. The number of nitrogens with zero attached hydrogens (tertiary/aromatic N) is 5. The van der Waals surface area contributed by atoms with Crippen molar-refractivity contribution in [2.24, 2.45) is 0 Å². The smallest absolute Gasteiger partial charge is 0.171 e. The minimum Gasteiger partial charge on any atom is -0.335 e. The molecule has 0 radical (unpaired) electrons. The summed E-state index contributed by atoms with van der Waals surface area (Å²) < 4.78 is 1.84. The first-order valence-electron chi connectivity index (χ1n) is 6.08. The van der Waals surface area contributed by atoms with E-state index in [-0.39, 0.29) is 6.04 Å². The van der Waals surface area contributed by atoms with Gasteiger partial charge in [-0.1, -0.05) is 0 Å². The first-order valence-corrected chi connectivity index (χ1v) is 6.08. The van der Waals surface area contributed by atoms with Gasteiger partial charge in [0.1, 0.15) is 11.6 Å². The second-order valence-electron chi connectivity index (χ2n) is 4.67. The molecule has 0 aromatic carbocycles. The Morgan fingerprint density at radius 1 is 1.32 bits per heavy atom. The quantitative estimate of drug-likeness (QED) is 0.912. The van der Waals surface area contributed by atoms with Gasteiger partial charge in [-0.25, -0.2) is 0 Å². The second-order valence-corrected chi connectivity index (χ2v) is 4.67. The summed E-state index contributed by atoms with van der Waals surface area (Å²) in [6, 6.07) is 2.45. The van der Waals surface area contributed by atoms with E-state index in [0.29, 0.717) is 11.4 Å². The molecule has 0 aliphatic carbocycles. The highest BCUT2D eigenvalue weighted by atomic mass is 15.3. The Balaban J connectivity index is 2.33. The molecule has 2 rings (SSSR count). The van der Waals surface area contributed by atoms with Crippen molar-refractivity contribution < 1.29 is 0 Å². The highest BCUT2D eigenvalue weighted by Crippen LogP contribution is 2.21. The predicted octanol–water partition coefficient (Wildman–Crippen LogP) is 2.49. The van der Waals surface area contributed by atoms with Crippen LogP contribution < -0.4 is 5.32 Å². The molecule has 0 unspecified atom stereocenters. The maximum Gasteiger partial charge on any atom is 0.171 e. The molecule has 19 heavy (non-hydrogen) atoms. The van der Waals surface area contributed by atoms with Gasteiger partial charge in [0.2, 0.25) is 0 Å². The third kappa shape index (κ3) is 2.55. The topological polar surface area (TPSA) is 79.4 Å². The fourth-order valence-corrected chi connectivity index (χ4v) is 1.65. The molecular weight excluding hydrogens is 240 g/mol. The maximum absolute atomic E-state index is 9.22. The summed E-state index contributed by atoms with van der Waals surface area (Å²) in [4.78, 5) is 0. The molecule has 98 valence electrons. The molecule has 1 N–H and O–H groups in total. The molecule has 2 aromatic rings. The van der Waals surface area contributed by atoms with E-state index in [4.69, 9.17) is 0 Å². The van der Waals surface area contributed by atoms with Crippen LogP contribution in [0.15, 0.2) is 12.4 Å². The number of rotatable bonds is 3. The number of nitrogens with one attached hydrogen (secondary N) is 1. The fourth-order valence-electron chi connectivity index (χ4n) is 1.65. The lowest BCUT2D eigenvalue weighted by atomic mass is 10.1. The van der Waals surface area contributed by atoms with Crippen LogP contribution in [0.25, 0.3) is 0 Å². The minimum atomic E-state index is 0.289. The monoisotopic (exact) mass is 256 g/mol. The van der Waals surface area contributed by atoms with Crippen LogP contribution in [-0.2, 0) is 0 Å². The average molecular weight is 256 g/mol. The average Bonchev–Trinajstić information content (AvgIpc) is 2.83. The molecule has 0 aliphatic rings. The van der Waals surface area contributed by atoms with E-state index in [2.05, 4.69) is 26.7 Å². The third-order valence-corrected chi connectivity index (χ3v) is 2.96. The van der Waals surface area contributed by atoms with Crippen LogP contribution in [0.4, 0.5) is 11.5 Å². The molecule has 2 aromatic heterocycles. The summed E-state index contributed by atoms with van der Waals surface area (Å²) in [5, 5.41) is 24.6. The molecule has 0 saturated heterocycles. The van der Waals surface area contributed by atoms with Gasteiger partial charge >= 0.3 is 0 Å². The third-order valence-electron chi connectivity index (χ3n) is 2.96. The predicted molar refractivity (Wildman–Crippen MR) is 72.1 cm³/mol. The summed E-state index contributed by atoms with van der Waals surface area (Å²) in [5.74, 6) is 0.467. The van der Waals surface area contributed by atoms with Crippen LogP contribution in [-0.4, -0.2) is 20.0 Å². The number of anilines is 2. The Bertz CT molecular complexity index is 635. The largest absolute Gasteiger partial charge is 0.335 e. The van der Waals surface area contributed by atoms with E-state index in [9.17, 15) is 5.26 Å². The van der Waals surface area contributed by atoms with Gasteiger partial charge in [0.25, 0.3) is 0 Å². The van der Waals surface area contributed by atoms with Crippen molar-refractivity contribution in [1.29, 1.82) is 5.26 Å². The Morgan fingerprint density at radius 3 is 2.63 bits per heavy atom. The molecule has 0 atom stereocenters. The fraction of sp³-hybridized carbons (Fsp3) is 0.385. The zero-order valence-electron chi connectivity index (χ0n) is 11.5. The molecule has 0 spiro atoms. The molecule has 0 aliphatic heterocycles. The lowest BCUT2D eigenvalue weighted by molar-refractivity contribution is 0.532. The second kappa shape index (κ2) is 5.06. The van der Waals surface area contributed by atoms with Crippen molar-refractivity contribution in [2.75, 3.05) is 5.32 Å². The molecular formula is C13H16N6. The zero-order chi connectivity index (χ0) is 14.0. The van der Waals surface area contributed by atoms with E-state index >= 15 is 0 Å². The number of aromatic nitrogens is 4. The number of nitriles is 1. The van der Waals surface area contributed by atoms with Gasteiger partial charge in [-0.2, -0.15) is 15.5 Å². The van der Waals surface area contributed by atoms with Gasteiger partial charge < -0.3 is 5.32 Å². The van der Waals surface area contributed by atoms with E-state index < -0.39 is 0 Å². The summed E-state index contributed by atoms with van der Waals surface area (Å²) in [5.41, 5.74) is 2.92. The van der Waals surface area contributed by atoms with Crippen molar-refractivity contribution in [3.8, 4) is 6.07 Å². The van der Waals surface area contributed by atoms with Crippen LogP contribution in [0, 0.1) is 25.2 Å². The Hall–Kier alpha value is -2.42. The van der Waals surface area contributed by atoms with Crippen LogP contribution in [0.2, 0.25) is 0 Å². The summed E-state index contributed by atoms with van der Waals surface area (Å²) in [6.07, 6.45) is 3.58.